The Morgan fingerprint density at radius 1 is 1.05 bits per heavy atom. The van der Waals surface area contributed by atoms with Gasteiger partial charge in [0.05, 0.1) is 0 Å². The van der Waals surface area contributed by atoms with E-state index in [1.165, 1.54) is 0 Å². The lowest BCUT2D eigenvalue weighted by atomic mass is 10.1. The molecule has 100 valence electrons. The lowest BCUT2D eigenvalue weighted by Gasteiger charge is -2.21. The summed E-state index contributed by atoms with van der Waals surface area (Å²) in [5.74, 6) is 1.46. The second-order valence-electron chi connectivity index (χ2n) is 5.49. The van der Waals surface area contributed by atoms with Crippen LogP contribution in [0.3, 0.4) is 0 Å². The zero-order valence-electron chi connectivity index (χ0n) is 11.7. The van der Waals surface area contributed by atoms with Crippen molar-refractivity contribution in [3.8, 4) is 11.6 Å². The van der Waals surface area contributed by atoms with Gasteiger partial charge in [0, 0.05) is 23.8 Å². The van der Waals surface area contributed by atoms with Gasteiger partial charge in [-0.05, 0) is 39.0 Å². The molecule has 0 aliphatic rings. The summed E-state index contributed by atoms with van der Waals surface area (Å²) in [4.78, 5) is 4.31. The van der Waals surface area contributed by atoms with E-state index in [0.29, 0.717) is 5.88 Å². The van der Waals surface area contributed by atoms with Crippen molar-refractivity contribution in [2.75, 3.05) is 0 Å². The molecule has 0 bridgehead atoms. The lowest BCUT2D eigenvalue weighted by molar-refractivity contribution is 0.409. The van der Waals surface area contributed by atoms with Gasteiger partial charge in [-0.3, -0.25) is 0 Å². The van der Waals surface area contributed by atoms with Gasteiger partial charge in [-0.1, -0.05) is 24.3 Å². The molecule has 3 heteroatoms. The van der Waals surface area contributed by atoms with Crippen molar-refractivity contribution in [2.24, 2.45) is 0 Å². The van der Waals surface area contributed by atoms with E-state index in [1.54, 1.807) is 6.20 Å². The third kappa shape index (κ3) is 4.38. The van der Waals surface area contributed by atoms with Crippen LogP contribution in [0.15, 0.2) is 48.7 Å². The molecule has 2 aromatic rings. The number of aromatic nitrogens is 1. The highest BCUT2D eigenvalue weighted by Crippen LogP contribution is 2.22. The van der Waals surface area contributed by atoms with Crippen LogP contribution in [-0.2, 0) is 6.54 Å². The number of hydrogen-bond donors (Lipinski definition) is 1. The molecule has 0 aliphatic heterocycles. The summed E-state index contributed by atoms with van der Waals surface area (Å²) in [6, 6.07) is 13.7. The minimum atomic E-state index is 0.0693. The Balaban J connectivity index is 2.12. The van der Waals surface area contributed by atoms with Crippen LogP contribution in [0.4, 0.5) is 0 Å². The Hall–Kier alpha value is -1.87. The molecular formula is C16H20N2O. The van der Waals surface area contributed by atoms with Gasteiger partial charge < -0.3 is 10.1 Å². The lowest BCUT2D eigenvalue weighted by Crippen LogP contribution is -2.35. The fourth-order valence-corrected chi connectivity index (χ4v) is 1.61. The third-order valence-corrected chi connectivity index (χ3v) is 2.62. The second-order valence-corrected chi connectivity index (χ2v) is 5.49. The fraction of sp³-hybridized carbons (Fsp3) is 0.312. The van der Waals surface area contributed by atoms with Crippen LogP contribution in [0.25, 0.3) is 0 Å². The van der Waals surface area contributed by atoms with E-state index in [2.05, 4.69) is 31.1 Å². The average molecular weight is 256 g/mol. The molecule has 2 rings (SSSR count). The summed E-state index contributed by atoms with van der Waals surface area (Å²) in [7, 11) is 0. The first-order valence-electron chi connectivity index (χ1n) is 6.46. The summed E-state index contributed by atoms with van der Waals surface area (Å²) in [5, 5.41) is 3.44. The molecule has 1 heterocycles. The van der Waals surface area contributed by atoms with Crippen LogP contribution < -0.4 is 10.1 Å². The summed E-state index contributed by atoms with van der Waals surface area (Å²) in [5.41, 5.74) is 1.13. The number of nitrogens with zero attached hydrogens (tertiary/aromatic N) is 1. The van der Waals surface area contributed by atoms with Gasteiger partial charge in [0.1, 0.15) is 5.75 Å². The van der Waals surface area contributed by atoms with Crippen LogP contribution in [0.1, 0.15) is 26.3 Å². The molecule has 1 aromatic heterocycles. The zero-order chi connectivity index (χ0) is 13.7. The molecule has 0 unspecified atom stereocenters. The normalized spacial score (nSPS) is 11.3. The molecule has 0 saturated heterocycles. The number of benzene rings is 1. The van der Waals surface area contributed by atoms with Gasteiger partial charge in [0.15, 0.2) is 0 Å². The minimum absolute atomic E-state index is 0.0693. The summed E-state index contributed by atoms with van der Waals surface area (Å²) >= 11 is 0. The van der Waals surface area contributed by atoms with Crippen molar-refractivity contribution in [3.05, 3.63) is 54.2 Å². The van der Waals surface area contributed by atoms with Crippen molar-refractivity contribution in [3.63, 3.8) is 0 Å². The molecule has 19 heavy (non-hydrogen) atoms. The fourth-order valence-electron chi connectivity index (χ4n) is 1.61. The molecule has 0 radical (unpaired) electrons. The first-order chi connectivity index (χ1) is 9.04. The first kappa shape index (κ1) is 13.6. The Morgan fingerprint density at radius 2 is 1.79 bits per heavy atom. The molecule has 0 saturated carbocycles. The second kappa shape index (κ2) is 5.85. The van der Waals surface area contributed by atoms with E-state index in [-0.39, 0.29) is 5.54 Å². The Labute approximate surface area is 114 Å². The quantitative estimate of drug-likeness (QED) is 0.904. The largest absolute Gasteiger partial charge is 0.439 e. The molecular weight excluding hydrogens is 236 g/mol. The van der Waals surface area contributed by atoms with E-state index < -0.39 is 0 Å². The standard InChI is InChI=1S/C16H20N2O/c1-16(2,3)18-12-13-8-7-11-17-15(13)19-14-9-5-4-6-10-14/h4-11,18H,12H2,1-3H3. The van der Waals surface area contributed by atoms with Crippen LogP contribution >= 0.6 is 0 Å². The topological polar surface area (TPSA) is 34.2 Å². The smallest absolute Gasteiger partial charge is 0.223 e. The maximum absolute atomic E-state index is 5.82. The van der Waals surface area contributed by atoms with Crippen molar-refractivity contribution in [1.82, 2.24) is 10.3 Å². The van der Waals surface area contributed by atoms with Crippen LogP contribution in [0.2, 0.25) is 0 Å². The monoisotopic (exact) mass is 256 g/mol. The maximum Gasteiger partial charge on any atom is 0.223 e. The van der Waals surface area contributed by atoms with Crippen LogP contribution in [0, 0.1) is 0 Å². The van der Waals surface area contributed by atoms with Gasteiger partial charge in [-0.25, -0.2) is 4.98 Å². The van der Waals surface area contributed by atoms with Crippen LogP contribution in [0.5, 0.6) is 11.6 Å². The Morgan fingerprint density at radius 3 is 2.47 bits per heavy atom. The SMILES string of the molecule is CC(C)(C)NCc1cccnc1Oc1ccccc1. The predicted octanol–water partition coefficient (Wildman–Crippen LogP) is 3.76. The van der Waals surface area contributed by atoms with E-state index in [9.17, 15) is 0 Å². The van der Waals surface area contributed by atoms with E-state index in [1.807, 2.05) is 42.5 Å². The zero-order valence-corrected chi connectivity index (χ0v) is 11.7. The summed E-state index contributed by atoms with van der Waals surface area (Å²) in [6.07, 6.45) is 1.75. The number of ether oxygens (including phenoxy) is 1. The molecule has 0 aliphatic carbocycles. The Kier molecular flexibility index (Phi) is 4.17. The molecule has 0 amide bonds. The number of pyridine rings is 1. The highest BCUT2D eigenvalue weighted by Gasteiger charge is 2.11. The van der Waals surface area contributed by atoms with Gasteiger partial charge in [-0.15, -0.1) is 0 Å². The molecule has 3 nitrogen and oxygen atoms in total. The third-order valence-electron chi connectivity index (χ3n) is 2.62. The van der Waals surface area contributed by atoms with Gasteiger partial charge in [0.25, 0.3) is 0 Å². The molecule has 1 aromatic carbocycles. The minimum Gasteiger partial charge on any atom is -0.439 e. The van der Waals surface area contributed by atoms with E-state index in [4.69, 9.17) is 4.74 Å². The number of nitrogens with one attached hydrogen (secondary N) is 1. The van der Waals surface area contributed by atoms with Gasteiger partial charge in [0.2, 0.25) is 5.88 Å². The average Bonchev–Trinajstić information content (AvgIpc) is 2.38. The first-order valence-corrected chi connectivity index (χ1v) is 6.46. The number of hydrogen-bond acceptors (Lipinski definition) is 3. The van der Waals surface area contributed by atoms with Gasteiger partial charge >= 0.3 is 0 Å². The number of para-hydroxylation sites is 1. The highest BCUT2D eigenvalue weighted by molar-refractivity contribution is 5.32. The summed E-state index contributed by atoms with van der Waals surface area (Å²) < 4.78 is 5.82. The van der Waals surface area contributed by atoms with E-state index in [0.717, 1.165) is 17.9 Å². The van der Waals surface area contributed by atoms with Crippen molar-refractivity contribution in [1.29, 1.82) is 0 Å². The molecule has 0 atom stereocenters. The summed E-state index contributed by atoms with van der Waals surface area (Å²) in [6.45, 7) is 7.16. The molecule has 1 N–H and O–H groups in total. The Bertz CT molecular complexity index is 518. The van der Waals surface area contributed by atoms with Crippen molar-refractivity contribution < 1.29 is 4.74 Å². The molecule has 0 spiro atoms. The van der Waals surface area contributed by atoms with E-state index >= 15 is 0 Å². The van der Waals surface area contributed by atoms with Crippen LogP contribution in [-0.4, -0.2) is 10.5 Å². The van der Waals surface area contributed by atoms with Crippen molar-refractivity contribution >= 4 is 0 Å². The van der Waals surface area contributed by atoms with Gasteiger partial charge in [-0.2, -0.15) is 0 Å². The van der Waals surface area contributed by atoms with Crippen molar-refractivity contribution in [2.45, 2.75) is 32.9 Å². The number of rotatable bonds is 4. The maximum atomic E-state index is 5.82. The predicted molar refractivity (Wildman–Crippen MR) is 77.3 cm³/mol. The molecule has 0 fully saturated rings. The highest BCUT2D eigenvalue weighted by atomic mass is 16.5.